The number of carbonyl (C=O) groups is 2. The van der Waals surface area contributed by atoms with Crippen molar-refractivity contribution in [1.82, 2.24) is 4.31 Å². The quantitative estimate of drug-likeness (QED) is 0.508. The first-order valence-electron chi connectivity index (χ1n) is 11.2. The van der Waals surface area contributed by atoms with Crippen LogP contribution in [0.15, 0.2) is 57.9 Å². The largest absolute Gasteiger partial charge is 0.475 e. The Labute approximate surface area is 208 Å². The van der Waals surface area contributed by atoms with Crippen LogP contribution in [0, 0.1) is 0 Å². The number of benzene rings is 2. The Morgan fingerprint density at radius 1 is 1.09 bits per heavy atom. The molecule has 1 heterocycles. The molecule has 182 valence electrons. The molecule has 0 spiro atoms. The first-order chi connectivity index (χ1) is 16.3. The van der Waals surface area contributed by atoms with Gasteiger partial charge in [-0.2, -0.15) is 4.31 Å². The average Bonchev–Trinajstić information content (AvgIpc) is 2.86. The molecular weight excluding hydrogens is 524 g/mol. The molecule has 1 aliphatic heterocycles. The summed E-state index contributed by atoms with van der Waals surface area (Å²) >= 11 is 3.34. The molecule has 34 heavy (non-hydrogen) atoms. The monoisotopic (exact) mass is 550 g/mol. The van der Waals surface area contributed by atoms with Crippen LogP contribution >= 0.6 is 15.9 Å². The molecule has 2 aromatic carbocycles. The molecule has 10 heteroatoms. The predicted molar refractivity (Wildman–Crippen MR) is 130 cm³/mol. The van der Waals surface area contributed by atoms with E-state index in [9.17, 15) is 18.0 Å². The summed E-state index contributed by atoms with van der Waals surface area (Å²) in [4.78, 5) is 27.4. The Kier molecular flexibility index (Phi) is 7.59. The van der Waals surface area contributed by atoms with Crippen LogP contribution in [0.4, 0.5) is 5.69 Å². The van der Waals surface area contributed by atoms with Crippen LogP contribution in [0.5, 0.6) is 5.75 Å². The molecule has 0 N–H and O–H groups in total. The van der Waals surface area contributed by atoms with Gasteiger partial charge < -0.3 is 14.4 Å². The van der Waals surface area contributed by atoms with Gasteiger partial charge in [0.1, 0.15) is 5.75 Å². The summed E-state index contributed by atoms with van der Waals surface area (Å²) in [6.07, 6.45) is 3.29. The molecule has 0 radical (unpaired) electrons. The van der Waals surface area contributed by atoms with E-state index in [-0.39, 0.29) is 24.0 Å². The summed E-state index contributed by atoms with van der Waals surface area (Å²) in [6, 6.07) is 13.1. The van der Waals surface area contributed by atoms with Gasteiger partial charge in [0.25, 0.3) is 0 Å². The molecule has 2 aromatic rings. The Morgan fingerprint density at radius 2 is 1.76 bits per heavy atom. The highest BCUT2D eigenvalue weighted by Gasteiger charge is 2.39. The number of para-hydroxylation sites is 2. The van der Waals surface area contributed by atoms with E-state index in [0.717, 1.165) is 23.7 Å². The molecule has 0 aromatic heterocycles. The van der Waals surface area contributed by atoms with E-state index in [0.29, 0.717) is 24.3 Å². The number of hydrogen-bond acceptors (Lipinski definition) is 6. The first-order valence-corrected chi connectivity index (χ1v) is 13.5. The molecule has 1 unspecified atom stereocenters. The number of rotatable bonds is 6. The smallest absolute Gasteiger partial charge is 0.348 e. The summed E-state index contributed by atoms with van der Waals surface area (Å²) in [5.74, 6) is -0.646. The minimum atomic E-state index is -3.92. The number of fused-ring (bicyclic) bond motifs is 1. The maximum Gasteiger partial charge on any atom is 0.348 e. The summed E-state index contributed by atoms with van der Waals surface area (Å²) in [7, 11) is -2.66. The molecule has 8 nitrogen and oxygen atoms in total. The van der Waals surface area contributed by atoms with Gasteiger partial charge in [-0.05, 0) is 49.2 Å². The number of anilines is 1. The van der Waals surface area contributed by atoms with Gasteiger partial charge in [-0.15, -0.1) is 0 Å². The zero-order valence-corrected chi connectivity index (χ0v) is 21.3. The molecular formula is C24H27BrN2O6S. The fraction of sp³-hybridized carbons (Fsp3) is 0.417. The van der Waals surface area contributed by atoms with Crippen LogP contribution in [-0.2, 0) is 24.3 Å². The third kappa shape index (κ3) is 5.13. The van der Waals surface area contributed by atoms with E-state index in [1.807, 2.05) is 0 Å². The van der Waals surface area contributed by atoms with E-state index in [1.54, 1.807) is 36.4 Å². The highest BCUT2D eigenvalue weighted by Crippen LogP contribution is 2.34. The standard InChI is InChI=1S/C24H27BrN2O6S/c1-32-24(29)22-15-26(20-9-5-6-10-21(20)33-22)23(28)16-27(18-7-3-2-4-8-18)34(30,31)19-13-11-17(25)12-14-19/h5-6,9-14,18,22H,2-4,7-8,15-16H2,1H3. The van der Waals surface area contributed by atoms with Crippen LogP contribution in [0.3, 0.4) is 0 Å². The van der Waals surface area contributed by atoms with Gasteiger partial charge in [0.2, 0.25) is 22.0 Å². The van der Waals surface area contributed by atoms with Crippen molar-refractivity contribution in [2.45, 2.75) is 49.1 Å². The summed E-state index contributed by atoms with van der Waals surface area (Å²) in [5, 5.41) is 0. The second-order valence-corrected chi connectivity index (χ2v) is 11.2. The zero-order valence-electron chi connectivity index (χ0n) is 18.9. The van der Waals surface area contributed by atoms with E-state index in [2.05, 4.69) is 15.9 Å². The predicted octanol–water partition coefficient (Wildman–Crippen LogP) is 3.74. The topological polar surface area (TPSA) is 93.2 Å². The molecule has 1 aliphatic carbocycles. The maximum atomic E-state index is 13.7. The van der Waals surface area contributed by atoms with Crippen LogP contribution in [0.2, 0.25) is 0 Å². The molecule has 1 amide bonds. The van der Waals surface area contributed by atoms with Gasteiger partial charge in [0, 0.05) is 10.5 Å². The second-order valence-electron chi connectivity index (χ2n) is 8.40. The van der Waals surface area contributed by atoms with Gasteiger partial charge in [-0.1, -0.05) is 47.3 Å². The first kappa shape index (κ1) is 24.7. The fourth-order valence-electron chi connectivity index (χ4n) is 4.46. The Morgan fingerprint density at radius 3 is 2.44 bits per heavy atom. The number of carbonyl (C=O) groups excluding carboxylic acids is 2. The van der Waals surface area contributed by atoms with Gasteiger partial charge in [0.05, 0.1) is 30.8 Å². The van der Waals surface area contributed by atoms with E-state index in [1.165, 1.54) is 28.4 Å². The van der Waals surface area contributed by atoms with Crippen molar-refractivity contribution in [1.29, 1.82) is 0 Å². The van der Waals surface area contributed by atoms with Crippen molar-refractivity contribution in [3.05, 3.63) is 53.0 Å². The molecule has 0 bridgehead atoms. The van der Waals surface area contributed by atoms with Gasteiger partial charge in [-0.3, -0.25) is 4.79 Å². The lowest BCUT2D eigenvalue weighted by Gasteiger charge is -2.37. The third-order valence-corrected chi connectivity index (χ3v) is 8.67. The van der Waals surface area contributed by atoms with Crippen LogP contribution in [0.25, 0.3) is 0 Å². The number of halogens is 1. The summed E-state index contributed by atoms with van der Waals surface area (Å²) in [5.41, 5.74) is 0.497. The number of esters is 1. The van der Waals surface area contributed by atoms with Crippen molar-refractivity contribution in [2.75, 3.05) is 25.1 Å². The van der Waals surface area contributed by atoms with Crippen molar-refractivity contribution >= 4 is 43.5 Å². The average molecular weight is 551 g/mol. The number of hydrogen-bond donors (Lipinski definition) is 0. The minimum Gasteiger partial charge on any atom is -0.475 e. The molecule has 1 fully saturated rings. The fourth-order valence-corrected chi connectivity index (χ4v) is 6.36. The van der Waals surface area contributed by atoms with E-state index >= 15 is 0 Å². The number of sulfonamides is 1. The van der Waals surface area contributed by atoms with Crippen LogP contribution in [-0.4, -0.2) is 56.9 Å². The lowest BCUT2D eigenvalue weighted by Crippen LogP contribution is -2.52. The maximum absolute atomic E-state index is 13.7. The highest BCUT2D eigenvalue weighted by molar-refractivity contribution is 9.10. The Hall–Kier alpha value is -2.43. The van der Waals surface area contributed by atoms with Gasteiger partial charge in [-0.25, -0.2) is 13.2 Å². The molecule has 1 saturated carbocycles. The lowest BCUT2D eigenvalue weighted by atomic mass is 9.95. The number of nitrogens with zero attached hydrogens (tertiary/aromatic N) is 2. The van der Waals surface area contributed by atoms with Gasteiger partial charge >= 0.3 is 5.97 Å². The van der Waals surface area contributed by atoms with Crippen molar-refractivity contribution in [2.24, 2.45) is 0 Å². The van der Waals surface area contributed by atoms with Crippen molar-refractivity contribution in [3.8, 4) is 5.75 Å². The number of methoxy groups -OCH3 is 1. The molecule has 1 atom stereocenters. The summed E-state index contributed by atoms with van der Waals surface area (Å²) < 4.78 is 40.0. The van der Waals surface area contributed by atoms with E-state index in [4.69, 9.17) is 9.47 Å². The summed E-state index contributed by atoms with van der Waals surface area (Å²) in [6.45, 7) is -0.384. The molecule has 4 rings (SSSR count). The highest BCUT2D eigenvalue weighted by atomic mass is 79.9. The van der Waals surface area contributed by atoms with Crippen molar-refractivity contribution < 1.29 is 27.5 Å². The SMILES string of the molecule is COC(=O)C1CN(C(=O)CN(C2CCCCC2)S(=O)(=O)c2ccc(Br)cc2)c2ccccc2O1. The van der Waals surface area contributed by atoms with Crippen LogP contribution < -0.4 is 9.64 Å². The lowest BCUT2D eigenvalue weighted by molar-refractivity contribution is -0.148. The molecule has 2 aliphatic rings. The van der Waals surface area contributed by atoms with E-state index < -0.39 is 28.0 Å². The number of ether oxygens (including phenoxy) is 2. The normalized spacial score (nSPS) is 18.8. The van der Waals surface area contributed by atoms with Gasteiger partial charge in [0.15, 0.2) is 0 Å². The zero-order chi connectivity index (χ0) is 24.3. The van der Waals surface area contributed by atoms with Crippen molar-refractivity contribution in [3.63, 3.8) is 0 Å². The third-order valence-electron chi connectivity index (χ3n) is 6.23. The Balaban J connectivity index is 1.66. The second kappa shape index (κ2) is 10.5. The minimum absolute atomic E-state index is 0.0562. The Bertz CT molecular complexity index is 1150. The van der Waals surface area contributed by atoms with Crippen LogP contribution in [0.1, 0.15) is 32.1 Å². The molecule has 0 saturated heterocycles. The number of amides is 1.